The average molecular weight is 566 g/mol. The molecule has 2 saturated heterocycles. The lowest BCUT2D eigenvalue weighted by Crippen LogP contribution is -2.53. The number of hydrogen-bond acceptors (Lipinski definition) is 10. The average Bonchev–Trinajstić information content (AvgIpc) is 3.50. The second kappa shape index (κ2) is 12.5. The molecule has 2 aliphatic rings. The van der Waals surface area contributed by atoms with Gasteiger partial charge in [0.2, 0.25) is 0 Å². The summed E-state index contributed by atoms with van der Waals surface area (Å²) in [4.78, 5) is 57.7. The van der Waals surface area contributed by atoms with E-state index in [1.54, 1.807) is 38.9 Å². The molecule has 0 radical (unpaired) electrons. The highest BCUT2D eigenvalue weighted by molar-refractivity contribution is 8.00. The molecule has 9 atom stereocenters. The summed E-state index contributed by atoms with van der Waals surface area (Å²) in [6, 6.07) is 0. The molecule has 0 aromatic carbocycles. The number of thioether (sulfide) groups is 1. The molecule has 218 valence electrons. The zero-order chi connectivity index (χ0) is 29.1. The van der Waals surface area contributed by atoms with Crippen molar-refractivity contribution in [3.05, 3.63) is 12.7 Å². The van der Waals surface area contributed by atoms with Gasteiger partial charge in [-0.15, -0.1) is 11.8 Å². The number of carbonyl (C=O) groups is 4. The van der Waals surface area contributed by atoms with E-state index < -0.39 is 64.1 Å². The van der Waals surface area contributed by atoms with Gasteiger partial charge in [-0.2, -0.15) is 5.10 Å². The summed E-state index contributed by atoms with van der Waals surface area (Å²) in [6.07, 6.45) is 3.37. The number of aryl methyl sites for hydroxylation is 1. The van der Waals surface area contributed by atoms with Crippen molar-refractivity contribution in [2.75, 3.05) is 12.9 Å². The lowest BCUT2D eigenvalue weighted by Gasteiger charge is -2.41. The lowest BCUT2D eigenvalue weighted by molar-refractivity contribution is -0.183. The van der Waals surface area contributed by atoms with Gasteiger partial charge in [-0.1, -0.05) is 27.7 Å². The first-order chi connectivity index (χ1) is 18.3. The molecular formula is C28H43N3O7S. The van der Waals surface area contributed by atoms with Crippen LogP contribution in [-0.4, -0.2) is 73.7 Å². The summed E-state index contributed by atoms with van der Waals surface area (Å²) < 4.78 is 19.5. The lowest BCUT2D eigenvalue weighted by atomic mass is 9.70. The van der Waals surface area contributed by atoms with Crippen LogP contribution in [0.1, 0.15) is 67.7 Å². The molecular weight excluding hydrogens is 522 g/mol. The van der Waals surface area contributed by atoms with Crippen LogP contribution in [0, 0.1) is 29.6 Å². The number of aromatic nitrogens is 3. The van der Waals surface area contributed by atoms with Crippen LogP contribution in [0.25, 0.3) is 0 Å². The van der Waals surface area contributed by atoms with Crippen molar-refractivity contribution in [3.63, 3.8) is 0 Å². The third-order valence-electron chi connectivity index (χ3n) is 8.60. The quantitative estimate of drug-likeness (QED) is 0.373. The molecule has 2 fully saturated rings. The monoisotopic (exact) mass is 565 g/mol. The Bertz CT molecular complexity index is 1050. The van der Waals surface area contributed by atoms with E-state index in [0.717, 1.165) is 0 Å². The highest BCUT2D eigenvalue weighted by Gasteiger charge is 2.61. The van der Waals surface area contributed by atoms with Crippen LogP contribution in [0.15, 0.2) is 12.7 Å². The predicted octanol–water partition coefficient (Wildman–Crippen LogP) is 3.51. The Labute approximate surface area is 235 Å². The third kappa shape index (κ3) is 6.56. The Morgan fingerprint density at radius 1 is 1.05 bits per heavy atom. The maximum atomic E-state index is 13.9. The van der Waals surface area contributed by atoms with Gasteiger partial charge in [-0.25, -0.2) is 4.98 Å². The van der Waals surface area contributed by atoms with Crippen molar-refractivity contribution >= 4 is 35.3 Å². The molecule has 0 amide bonds. The number of cyclic esters (lactones) is 1. The topological polar surface area (TPSA) is 127 Å². The fraction of sp³-hybridized carbons (Fsp3) is 0.786. The highest BCUT2D eigenvalue weighted by atomic mass is 32.2. The molecule has 0 aliphatic carbocycles. The molecule has 11 heteroatoms. The fourth-order valence-electron chi connectivity index (χ4n) is 6.39. The summed E-state index contributed by atoms with van der Waals surface area (Å²) in [5, 5.41) is 3.48. The zero-order valence-corrected chi connectivity index (χ0v) is 25.2. The van der Waals surface area contributed by atoms with Gasteiger partial charge < -0.3 is 14.2 Å². The second-order valence-electron chi connectivity index (χ2n) is 11.6. The van der Waals surface area contributed by atoms with Gasteiger partial charge in [0.15, 0.2) is 5.60 Å². The van der Waals surface area contributed by atoms with E-state index in [0.29, 0.717) is 31.6 Å². The fourth-order valence-corrected chi connectivity index (χ4v) is 7.83. The van der Waals surface area contributed by atoms with Crippen molar-refractivity contribution in [3.8, 4) is 0 Å². The van der Waals surface area contributed by atoms with Crippen LogP contribution in [0.5, 0.6) is 0 Å². The number of hydrogen-bond donors (Lipinski definition) is 0. The summed E-state index contributed by atoms with van der Waals surface area (Å²) >= 11 is 1.41. The Morgan fingerprint density at radius 3 is 2.26 bits per heavy atom. The van der Waals surface area contributed by atoms with Gasteiger partial charge in [0.05, 0.1) is 12.1 Å². The van der Waals surface area contributed by atoms with Gasteiger partial charge >= 0.3 is 11.9 Å². The van der Waals surface area contributed by atoms with E-state index in [1.807, 2.05) is 27.7 Å². The number of carbonyl (C=O) groups excluding carboxylic acids is 4. The highest BCUT2D eigenvalue weighted by Crippen LogP contribution is 2.48. The summed E-state index contributed by atoms with van der Waals surface area (Å²) in [5.41, 5.74) is -1.99. The number of rotatable bonds is 6. The number of nitrogens with zero attached hydrogens (tertiary/aromatic N) is 3. The molecule has 1 aromatic rings. The standard InChI is InChI=1S/C28H43N3O7S/c1-9-20-28(7)21(24(26(35)38-28)39-11-10-31-15-29-14-30-31)18(4)22(32)16(2)12-27(6,36-8)13-17(3)23(33)19(5)25(34)37-20/h14-21,24H,9-13H2,1-8H3. The molecule has 2 aliphatic heterocycles. The summed E-state index contributed by atoms with van der Waals surface area (Å²) in [6.45, 7) is 13.1. The number of fused-ring (bicyclic) bond motifs is 1. The Hall–Kier alpha value is -2.27. The Balaban J connectivity index is 2.02. The van der Waals surface area contributed by atoms with E-state index in [4.69, 9.17) is 14.2 Å². The van der Waals surface area contributed by atoms with Crippen LogP contribution in [0.4, 0.5) is 0 Å². The van der Waals surface area contributed by atoms with Crippen LogP contribution in [0.2, 0.25) is 0 Å². The van der Waals surface area contributed by atoms with E-state index in [2.05, 4.69) is 10.1 Å². The van der Waals surface area contributed by atoms with Gasteiger partial charge in [-0.05, 0) is 40.0 Å². The minimum absolute atomic E-state index is 0.0136. The largest absolute Gasteiger partial charge is 0.458 e. The number of ether oxygens (including phenoxy) is 3. The molecule has 3 heterocycles. The maximum Gasteiger partial charge on any atom is 0.320 e. The SMILES string of the molecule is CCC1OC(=O)C(C)C(=O)C(C)CC(C)(OC)CC(C)C(=O)C(C)C2C(SCCn3cncn3)C(=O)OC12C. The second-order valence-corrected chi connectivity index (χ2v) is 12.8. The van der Waals surface area contributed by atoms with Crippen molar-refractivity contribution in [2.45, 2.75) is 96.8 Å². The molecule has 1 aromatic heterocycles. The first kappa shape index (κ1) is 31.3. The first-order valence-electron chi connectivity index (χ1n) is 13.8. The van der Waals surface area contributed by atoms with E-state index in [1.165, 1.54) is 18.1 Å². The molecule has 9 unspecified atom stereocenters. The number of Topliss-reactive ketones (excluding diaryl/α,β-unsaturated/α-hetero) is 2. The van der Waals surface area contributed by atoms with Gasteiger partial charge in [-0.3, -0.25) is 23.9 Å². The third-order valence-corrected chi connectivity index (χ3v) is 9.86. The minimum atomic E-state index is -1.25. The number of methoxy groups -OCH3 is 1. The minimum Gasteiger partial charge on any atom is -0.458 e. The zero-order valence-electron chi connectivity index (χ0n) is 24.3. The normalized spacial score (nSPS) is 38.6. The van der Waals surface area contributed by atoms with E-state index >= 15 is 0 Å². The Kier molecular flexibility index (Phi) is 10.0. The van der Waals surface area contributed by atoms with Gasteiger partial charge in [0.25, 0.3) is 0 Å². The van der Waals surface area contributed by atoms with Crippen LogP contribution in [0.3, 0.4) is 0 Å². The predicted molar refractivity (Wildman–Crippen MR) is 146 cm³/mol. The molecule has 0 N–H and O–H groups in total. The molecule has 0 saturated carbocycles. The van der Waals surface area contributed by atoms with Gasteiger partial charge in [0.1, 0.15) is 41.5 Å². The van der Waals surface area contributed by atoms with Crippen molar-refractivity contribution in [2.24, 2.45) is 29.6 Å². The van der Waals surface area contributed by atoms with Crippen LogP contribution in [-0.2, 0) is 39.9 Å². The smallest absolute Gasteiger partial charge is 0.320 e. The van der Waals surface area contributed by atoms with Crippen molar-refractivity contribution in [1.29, 1.82) is 0 Å². The van der Waals surface area contributed by atoms with Crippen LogP contribution < -0.4 is 0 Å². The van der Waals surface area contributed by atoms with Gasteiger partial charge in [0, 0.05) is 36.5 Å². The van der Waals surface area contributed by atoms with Crippen molar-refractivity contribution in [1.82, 2.24) is 14.8 Å². The maximum absolute atomic E-state index is 13.9. The number of ketones is 2. The summed E-state index contributed by atoms with van der Waals surface area (Å²) in [5.74, 6) is -3.76. The van der Waals surface area contributed by atoms with Crippen LogP contribution >= 0.6 is 11.8 Å². The molecule has 3 rings (SSSR count). The summed E-state index contributed by atoms with van der Waals surface area (Å²) in [7, 11) is 1.58. The van der Waals surface area contributed by atoms with E-state index in [-0.39, 0.29) is 11.6 Å². The first-order valence-corrected chi connectivity index (χ1v) is 14.8. The molecule has 0 spiro atoms. The molecule has 39 heavy (non-hydrogen) atoms. The Morgan fingerprint density at radius 2 is 1.69 bits per heavy atom. The van der Waals surface area contributed by atoms with E-state index in [9.17, 15) is 19.2 Å². The molecule has 10 nitrogen and oxygen atoms in total. The van der Waals surface area contributed by atoms with Crippen molar-refractivity contribution < 1.29 is 33.4 Å². The molecule has 0 bridgehead atoms. The number of esters is 2.